The van der Waals surface area contributed by atoms with Gasteiger partial charge in [-0.15, -0.1) is 11.3 Å². The van der Waals surface area contributed by atoms with Gasteiger partial charge in [0.15, 0.2) is 5.16 Å². The summed E-state index contributed by atoms with van der Waals surface area (Å²) >= 11 is 2.69. The van der Waals surface area contributed by atoms with Gasteiger partial charge in [0.25, 0.3) is 5.56 Å². The van der Waals surface area contributed by atoms with Crippen LogP contribution in [0.2, 0.25) is 0 Å². The summed E-state index contributed by atoms with van der Waals surface area (Å²) in [5, 5.41) is 0.540. The molecule has 0 radical (unpaired) electrons. The van der Waals surface area contributed by atoms with Crippen LogP contribution in [-0.2, 0) is 16.1 Å². The molecule has 0 saturated carbocycles. The fraction of sp³-hybridized carbons (Fsp3) is 0.350. The minimum absolute atomic E-state index is 0.0682. The van der Waals surface area contributed by atoms with Gasteiger partial charge in [0.1, 0.15) is 10.3 Å². The largest absolute Gasteiger partial charge is 0.459 e. The predicted octanol–water partition coefficient (Wildman–Crippen LogP) is 4.58. The first kappa shape index (κ1) is 19.6. The van der Waals surface area contributed by atoms with Crippen molar-refractivity contribution in [2.45, 2.75) is 45.0 Å². The molecule has 0 unspecified atom stereocenters. The lowest BCUT2D eigenvalue weighted by atomic mass is 10.2. The first-order chi connectivity index (χ1) is 12.8. The molecule has 0 aliphatic carbocycles. The van der Waals surface area contributed by atoms with E-state index in [2.05, 4.69) is 4.98 Å². The average molecular weight is 403 g/mol. The Morgan fingerprint density at radius 1 is 1.26 bits per heavy atom. The zero-order valence-electron chi connectivity index (χ0n) is 15.8. The molecule has 27 heavy (non-hydrogen) atoms. The minimum Gasteiger partial charge on any atom is -0.459 e. The van der Waals surface area contributed by atoms with Gasteiger partial charge < -0.3 is 4.74 Å². The highest BCUT2D eigenvalue weighted by atomic mass is 32.2. The van der Waals surface area contributed by atoms with Gasteiger partial charge in [-0.1, -0.05) is 42.1 Å². The van der Waals surface area contributed by atoms with Gasteiger partial charge in [0, 0.05) is 11.4 Å². The summed E-state index contributed by atoms with van der Waals surface area (Å²) in [5.74, 6) is -0.204. The van der Waals surface area contributed by atoms with Crippen LogP contribution in [0.25, 0.3) is 20.7 Å². The molecule has 2 heterocycles. The second kappa shape index (κ2) is 7.86. The van der Waals surface area contributed by atoms with Crippen LogP contribution in [0.3, 0.4) is 0 Å². The number of thiophene rings is 1. The first-order valence-corrected chi connectivity index (χ1v) is 10.5. The van der Waals surface area contributed by atoms with Crippen molar-refractivity contribution in [2.24, 2.45) is 0 Å². The number of fused-ring (bicyclic) bond motifs is 1. The minimum atomic E-state index is -0.530. The molecule has 5 nitrogen and oxygen atoms in total. The quantitative estimate of drug-likeness (QED) is 0.355. The third kappa shape index (κ3) is 4.59. The van der Waals surface area contributed by atoms with Crippen molar-refractivity contribution in [3.63, 3.8) is 0 Å². The van der Waals surface area contributed by atoms with E-state index in [0.717, 1.165) is 10.4 Å². The molecule has 0 atom stereocenters. The van der Waals surface area contributed by atoms with E-state index in [1.54, 1.807) is 4.57 Å². The number of thioether (sulfide) groups is 1. The summed E-state index contributed by atoms with van der Waals surface area (Å²) in [6.07, 6.45) is 0. The number of benzene rings is 1. The van der Waals surface area contributed by atoms with Crippen LogP contribution in [0.5, 0.6) is 0 Å². The van der Waals surface area contributed by atoms with Gasteiger partial charge in [-0.3, -0.25) is 14.2 Å². The Morgan fingerprint density at radius 3 is 2.59 bits per heavy atom. The summed E-state index contributed by atoms with van der Waals surface area (Å²) in [6, 6.07) is 11.9. The van der Waals surface area contributed by atoms with Gasteiger partial charge >= 0.3 is 5.97 Å². The monoisotopic (exact) mass is 402 g/mol. The van der Waals surface area contributed by atoms with Crippen LogP contribution in [0.15, 0.2) is 46.3 Å². The van der Waals surface area contributed by atoms with Gasteiger partial charge in [0.2, 0.25) is 0 Å². The predicted molar refractivity (Wildman–Crippen MR) is 112 cm³/mol. The third-order valence-corrected chi connectivity index (χ3v) is 5.82. The molecule has 0 N–H and O–H groups in total. The van der Waals surface area contributed by atoms with E-state index < -0.39 is 5.60 Å². The maximum atomic E-state index is 12.9. The molecule has 142 valence electrons. The van der Waals surface area contributed by atoms with Gasteiger partial charge in [-0.05, 0) is 39.3 Å². The second-order valence-electron chi connectivity index (χ2n) is 7.01. The van der Waals surface area contributed by atoms with Crippen LogP contribution in [0, 0.1) is 0 Å². The molecule has 0 aliphatic rings. The highest BCUT2D eigenvalue weighted by Gasteiger charge is 2.19. The van der Waals surface area contributed by atoms with Crippen LogP contribution < -0.4 is 5.56 Å². The lowest BCUT2D eigenvalue weighted by Crippen LogP contribution is -2.26. The van der Waals surface area contributed by atoms with Crippen molar-refractivity contribution in [3.8, 4) is 10.4 Å². The smallest absolute Gasteiger partial charge is 0.316 e. The summed E-state index contributed by atoms with van der Waals surface area (Å²) in [7, 11) is 0. The Labute approximate surface area is 166 Å². The van der Waals surface area contributed by atoms with Gasteiger partial charge in [-0.25, -0.2) is 4.98 Å². The number of hydrogen-bond donors (Lipinski definition) is 0. The third-order valence-electron chi connectivity index (χ3n) is 3.71. The fourth-order valence-electron chi connectivity index (χ4n) is 2.62. The lowest BCUT2D eigenvalue weighted by Gasteiger charge is -2.19. The highest BCUT2D eigenvalue weighted by molar-refractivity contribution is 7.99. The van der Waals surface area contributed by atoms with Crippen LogP contribution in [0.1, 0.15) is 27.7 Å². The Kier molecular flexibility index (Phi) is 5.72. The second-order valence-corrected chi connectivity index (χ2v) is 9.00. The maximum Gasteiger partial charge on any atom is 0.316 e. The topological polar surface area (TPSA) is 61.2 Å². The number of hydrogen-bond acceptors (Lipinski definition) is 6. The SMILES string of the molecule is CCn1c(SCC(=O)OC(C)(C)C)nc2cc(-c3ccccc3)sc2c1=O. The van der Waals surface area contributed by atoms with E-state index in [1.807, 2.05) is 64.1 Å². The van der Waals surface area contributed by atoms with E-state index in [4.69, 9.17) is 4.74 Å². The summed E-state index contributed by atoms with van der Waals surface area (Å²) < 4.78 is 7.59. The molecule has 0 bridgehead atoms. The van der Waals surface area contributed by atoms with Crippen molar-refractivity contribution < 1.29 is 9.53 Å². The Balaban J connectivity index is 1.94. The molecule has 1 aromatic carbocycles. The zero-order valence-corrected chi connectivity index (χ0v) is 17.4. The summed E-state index contributed by atoms with van der Waals surface area (Å²) in [4.78, 5) is 30.6. The molecule has 7 heteroatoms. The summed E-state index contributed by atoms with van der Waals surface area (Å²) in [6.45, 7) is 7.89. The van der Waals surface area contributed by atoms with E-state index >= 15 is 0 Å². The molecular formula is C20H22N2O3S2. The summed E-state index contributed by atoms with van der Waals surface area (Å²) in [5.41, 5.74) is 1.13. The molecule has 0 spiro atoms. The molecular weight excluding hydrogens is 380 g/mol. The molecule has 2 aromatic heterocycles. The Morgan fingerprint density at radius 2 is 1.96 bits per heavy atom. The number of esters is 1. The normalized spacial score (nSPS) is 11.7. The Hall–Kier alpha value is -2.12. The van der Waals surface area contributed by atoms with Crippen LogP contribution in [-0.4, -0.2) is 26.9 Å². The molecule has 0 amide bonds. The Bertz CT molecular complexity index is 1020. The highest BCUT2D eigenvalue weighted by Crippen LogP contribution is 2.32. The number of carbonyl (C=O) groups is 1. The van der Waals surface area contributed by atoms with Crippen molar-refractivity contribution in [1.82, 2.24) is 9.55 Å². The molecule has 3 aromatic rings. The first-order valence-electron chi connectivity index (χ1n) is 8.73. The molecule has 3 rings (SSSR count). The van der Waals surface area contributed by atoms with E-state index in [9.17, 15) is 9.59 Å². The van der Waals surface area contributed by atoms with Crippen LogP contribution >= 0.6 is 23.1 Å². The van der Waals surface area contributed by atoms with Gasteiger partial charge in [0.05, 0.1) is 11.3 Å². The van der Waals surface area contributed by atoms with Gasteiger partial charge in [-0.2, -0.15) is 0 Å². The molecule has 0 saturated heterocycles. The van der Waals surface area contributed by atoms with Crippen LogP contribution in [0.4, 0.5) is 0 Å². The number of nitrogens with zero attached hydrogens (tertiary/aromatic N) is 2. The average Bonchev–Trinajstić information content (AvgIpc) is 3.04. The maximum absolute atomic E-state index is 12.9. The molecule has 0 aliphatic heterocycles. The number of rotatable bonds is 5. The number of aromatic nitrogens is 2. The number of carbonyl (C=O) groups excluding carboxylic acids is 1. The van der Waals surface area contributed by atoms with Crippen molar-refractivity contribution >= 4 is 39.3 Å². The fourth-order valence-corrected chi connectivity index (χ4v) is 4.51. The standard InChI is InChI=1S/C20H22N2O3S2/c1-5-22-18(24)17-14(11-15(27-17)13-9-7-6-8-10-13)21-19(22)26-12-16(23)25-20(2,3)4/h6-11H,5,12H2,1-4H3. The van der Waals surface area contributed by atoms with Crippen molar-refractivity contribution in [1.29, 1.82) is 0 Å². The number of ether oxygens (including phenoxy) is 1. The van der Waals surface area contributed by atoms with Crippen molar-refractivity contribution in [2.75, 3.05) is 5.75 Å². The lowest BCUT2D eigenvalue weighted by molar-refractivity contribution is -0.151. The van der Waals surface area contributed by atoms with E-state index in [0.29, 0.717) is 21.9 Å². The van der Waals surface area contributed by atoms with E-state index in [1.165, 1.54) is 23.1 Å². The van der Waals surface area contributed by atoms with Crippen molar-refractivity contribution in [3.05, 3.63) is 46.8 Å². The van der Waals surface area contributed by atoms with E-state index in [-0.39, 0.29) is 17.3 Å². The molecule has 0 fully saturated rings. The zero-order chi connectivity index (χ0) is 19.6.